The van der Waals surface area contributed by atoms with Crippen LogP contribution in [0, 0.1) is 0 Å². The summed E-state index contributed by atoms with van der Waals surface area (Å²) < 4.78 is 13.7. The highest BCUT2D eigenvalue weighted by molar-refractivity contribution is 5.82. The molecule has 0 atom stereocenters. The van der Waals surface area contributed by atoms with Crippen LogP contribution in [-0.4, -0.2) is 54.8 Å². The van der Waals surface area contributed by atoms with Gasteiger partial charge in [-0.3, -0.25) is 0 Å². The number of nitrogens with one attached hydrogen (secondary N) is 1. The molecule has 1 aliphatic rings. The highest BCUT2D eigenvalue weighted by Crippen LogP contribution is 2.33. The minimum absolute atomic E-state index is 0.700. The van der Waals surface area contributed by atoms with Gasteiger partial charge in [-0.25, -0.2) is 4.98 Å². The summed E-state index contributed by atoms with van der Waals surface area (Å²) in [7, 11) is 3.57. The number of aromatic nitrogens is 2. The van der Waals surface area contributed by atoms with E-state index in [9.17, 15) is 0 Å². The summed E-state index contributed by atoms with van der Waals surface area (Å²) in [6.45, 7) is 7.24. The number of fused-ring (bicyclic) bond motifs is 1. The Balaban J connectivity index is 1.71. The lowest BCUT2D eigenvalue weighted by Crippen LogP contribution is -2.21. The molecule has 2 heterocycles. The fourth-order valence-corrected chi connectivity index (χ4v) is 3.39. The number of rotatable bonds is 8. The second-order valence-corrected chi connectivity index (χ2v) is 6.17. The molecule has 1 aliphatic heterocycles. The molecule has 1 saturated heterocycles. The van der Waals surface area contributed by atoms with Gasteiger partial charge in [-0.1, -0.05) is 0 Å². The number of benzene rings is 1. The van der Waals surface area contributed by atoms with Crippen molar-refractivity contribution in [3.05, 3.63) is 12.1 Å². The molecule has 6 heteroatoms. The first kappa shape index (κ1) is 16.9. The number of hydrogen-bond donors (Lipinski definition) is 1. The van der Waals surface area contributed by atoms with E-state index in [1.165, 1.54) is 25.9 Å². The molecule has 2 aromatic rings. The Morgan fingerprint density at radius 2 is 2.00 bits per heavy atom. The number of nitrogens with zero attached hydrogens (tertiary/aromatic N) is 3. The van der Waals surface area contributed by atoms with Crippen molar-refractivity contribution in [2.75, 3.05) is 45.7 Å². The van der Waals surface area contributed by atoms with Crippen LogP contribution in [-0.2, 0) is 6.54 Å². The Morgan fingerprint density at radius 3 is 2.67 bits per heavy atom. The summed E-state index contributed by atoms with van der Waals surface area (Å²) in [5.74, 6) is 2.40. The zero-order valence-electron chi connectivity index (χ0n) is 15.0. The minimum atomic E-state index is 0.700. The van der Waals surface area contributed by atoms with Crippen molar-refractivity contribution >= 4 is 17.0 Å². The van der Waals surface area contributed by atoms with Crippen molar-refractivity contribution in [1.82, 2.24) is 14.5 Å². The van der Waals surface area contributed by atoms with Gasteiger partial charge in [0, 0.05) is 32.3 Å². The van der Waals surface area contributed by atoms with Crippen LogP contribution in [0.4, 0.5) is 5.95 Å². The number of hydrogen-bond acceptors (Lipinski definition) is 5. The predicted octanol–water partition coefficient (Wildman–Crippen LogP) is 2.97. The summed E-state index contributed by atoms with van der Waals surface area (Å²) in [6.07, 6.45) is 3.70. The summed E-state index contributed by atoms with van der Waals surface area (Å²) >= 11 is 0. The quantitative estimate of drug-likeness (QED) is 0.753. The Labute approximate surface area is 143 Å². The molecule has 1 aromatic heterocycles. The molecule has 3 rings (SSSR count). The van der Waals surface area contributed by atoms with E-state index in [2.05, 4.69) is 26.7 Å². The van der Waals surface area contributed by atoms with Crippen LogP contribution in [0.2, 0.25) is 0 Å². The Bertz CT molecular complexity index is 677. The molecule has 1 fully saturated rings. The van der Waals surface area contributed by atoms with Gasteiger partial charge in [-0.2, -0.15) is 0 Å². The minimum Gasteiger partial charge on any atom is -0.493 e. The van der Waals surface area contributed by atoms with Gasteiger partial charge < -0.3 is 24.3 Å². The van der Waals surface area contributed by atoms with Gasteiger partial charge >= 0.3 is 0 Å². The van der Waals surface area contributed by atoms with Crippen LogP contribution >= 0.6 is 0 Å². The van der Waals surface area contributed by atoms with Gasteiger partial charge in [-0.15, -0.1) is 0 Å². The molecule has 0 bridgehead atoms. The second kappa shape index (κ2) is 7.75. The van der Waals surface area contributed by atoms with Crippen LogP contribution in [0.15, 0.2) is 12.1 Å². The lowest BCUT2D eigenvalue weighted by molar-refractivity contribution is 0.254. The maximum absolute atomic E-state index is 5.99. The standard InChI is InChI=1S/C18H28N4O2/c1-4-22-15-13-16(23-3)17(12-14(15)20-18(22)19-2)24-11-7-10-21-8-5-6-9-21/h12-13H,4-11H2,1-3H3,(H,19,20). The van der Waals surface area contributed by atoms with Crippen LogP contribution in [0.5, 0.6) is 11.5 Å². The molecule has 6 nitrogen and oxygen atoms in total. The first-order chi connectivity index (χ1) is 11.8. The topological polar surface area (TPSA) is 51.5 Å². The third-order valence-corrected chi connectivity index (χ3v) is 4.65. The summed E-state index contributed by atoms with van der Waals surface area (Å²) in [5, 5.41) is 3.14. The van der Waals surface area contributed by atoms with Crippen LogP contribution in [0.1, 0.15) is 26.2 Å². The molecule has 0 unspecified atom stereocenters. The number of anilines is 1. The average molecular weight is 332 g/mol. The normalized spacial score (nSPS) is 15.1. The Hall–Kier alpha value is -1.95. The molecule has 24 heavy (non-hydrogen) atoms. The Morgan fingerprint density at radius 1 is 1.21 bits per heavy atom. The van der Waals surface area contributed by atoms with E-state index in [1.807, 2.05) is 19.2 Å². The number of ether oxygens (including phenoxy) is 2. The van der Waals surface area contributed by atoms with E-state index in [1.54, 1.807) is 7.11 Å². The van der Waals surface area contributed by atoms with E-state index >= 15 is 0 Å². The third kappa shape index (κ3) is 3.43. The highest BCUT2D eigenvalue weighted by atomic mass is 16.5. The summed E-state index contributed by atoms with van der Waals surface area (Å²) in [6, 6.07) is 4.00. The molecule has 1 aromatic carbocycles. The molecular formula is C18H28N4O2. The largest absolute Gasteiger partial charge is 0.493 e. The molecule has 0 aliphatic carbocycles. The zero-order chi connectivity index (χ0) is 16.9. The lowest BCUT2D eigenvalue weighted by Gasteiger charge is -2.15. The van der Waals surface area contributed by atoms with Crippen molar-refractivity contribution in [2.24, 2.45) is 0 Å². The van der Waals surface area contributed by atoms with Gasteiger partial charge in [0.1, 0.15) is 0 Å². The van der Waals surface area contributed by atoms with E-state index in [0.717, 1.165) is 48.0 Å². The second-order valence-electron chi connectivity index (χ2n) is 6.17. The zero-order valence-corrected chi connectivity index (χ0v) is 15.0. The fraction of sp³-hybridized carbons (Fsp3) is 0.611. The number of imidazole rings is 1. The molecule has 0 saturated carbocycles. The van der Waals surface area contributed by atoms with Gasteiger partial charge in [0.25, 0.3) is 0 Å². The number of likely N-dealkylation sites (tertiary alicyclic amines) is 1. The van der Waals surface area contributed by atoms with Crippen molar-refractivity contribution in [3.63, 3.8) is 0 Å². The first-order valence-electron chi connectivity index (χ1n) is 8.88. The monoisotopic (exact) mass is 332 g/mol. The van der Waals surface area contributed by atoms with Crippen molar-refractivity contribution in [2.45, 2.75) is 32.7 Å². The molecule has 0 spiro atoms. The van der Waals surface area contributed by atoms with Gasteiger partial charge in [0.15, 0.2) is 11.5 Å². The van der Waals surface area contributed by atoms with Gasteiger partial charge in [0.05, 0.1) is 24.8 Å². The predicted molar refractivity (Wildman–Crippen MR) is 97.3 cm³/mol. The molecule has 0 amide bonds. The maximum atomic E-state index is 5.99. The van der Waals surface area contributed by atoms with Crippen LogP contribution < -0.4 is 14.8 Å². The third-order valence-electron chi connectivity index (χ3n) is 4.65. The van der Waals surface area contributed by atoms with Gasteiger partial charge in [-0.05, 0) is 39.3 Å². The Kier molecular flexibility index (Phi) is 5.45. The summed E-state index contributed by atoms with van der Waals surface area (Å²) in [4.78, 5) is 7.14. The molecule has 1 N–H and O–H groups in total. The van der Waals surface area contributed by atoms with E-state index in [4.69, 9.17) is 9.47 Å². The van der Waals surface area contributed by atoms with Crippen molar-refractivity contribution in [1.29, 1.82) is 0 Å². The number of methoxy groups -OCH3 is 1. The smallest absolute Gasteiger partial charge is 0.203 e. The van der Waals surface area contributed by atoms with Gasteiger partial charge in [0.2, 0.25) is 5.95 Å². The molecular weight excluding hydrogens is 304 g/mol. The van der Waals surface area contributed by atoms with Crippen LogP contribution in [0.25, 0.3) is 11.0 Å². The maximum Gasteiger partial charge on any atom is 0.203 e. The van der Waals surface area contributed by atoms with Crippen molar-refractivity contribution < 1.29 is 9.47 Å². The molecule has 0 radical (unpaired) electrons. The SMILES string of the molecule is CCn1c(NC)nc2cc(OCCCN3CCCC3)c(OC)cc21. The number of aryl methyl sites for hydroxylation is 1. The molecule has 132 valence electrons. The van der Waals surface area contributed by atoms with E-state index in [0.29, 0.717) is 6.61 Å². The fourth-order valence-electron chi connectivity index (χ4n) is 3.39. The lowest BCUT2D eigenvalue weighted by atomic mass is 10.2. The average Bonchev–Trinajstić information content (AvgIpc) is 3.24. The van der Waals surface area contributed by atoms with Crippen LogP contribution in [0.3, 0.4) is 0 Å². The van der Waals surface area contributed by atoms with E-state index < -0.39 is 0 Å². The first-order valence-corrected chi connectivity index (χ1v) is 8.88. The highest BCUT2D eigenvalue weighted by Gasteiger charge is 2.15. The summed E-state index contributed by atoms with van der Waals surface area (Å²) in [5.41, 5.74) is 1.99. The van der Waals surface area contributed by atoms with Crippen molar-refractivity contribution in [3.8, 4) is 11.5 Å². The van der Waals surface area contributed by atoms with E-state index in [-0.39, 0.29) is 0 Å².